The fourth-order valence-corrected chi connectivity index (χ4v) is 2.96. The number of hydrogen-bond acceptors (Lipinski definition) is 2. The van der Waals surface area contributed by atoms with Crippen molar-refractivity contribution in [3.63, 3.8) is 0 Å². The SMILES string of the molecule is O=C(Nc1ccc(CCO)cc1)[C@@H]1CCCC[C@H]1C(F)(F)F. The molecular weight excluding hydrogens is 295 g/mol. The van der Waals surface area contributed by atoms with Crippen LogP contribution in [0.15, 0.2) is 24.3 Å². The van der Waals surface area contributed by atoms with Crippen molar-refractivity contribution in [2.75, 3.05) is 11.9 Å². The van der Waals surface area contributed by atoms with E-state index in [1.807, 2.05) is 0 Å². The largest absolute Gasteiger partial charge is 0.396 e. The lowest BCUT2D eigenvalue weighted by Gasteiger charge is -2.32. The maximum absolute atomic E-state index is 13.0. The summed E-state index contributed by atoms with van der Waals surface area (Å²) in [7, 11) is 0. The van der Waals surface area contributed by atoms with Crippen LogP contribution in [-0.4, -0.2) is 23.8 Å². The average molecular weight is 315 g/mol. The first-order valence-electron chi connectivity index (χ1n) is 7.49. The van der Waals surface area contributed by atoms with E-state index >= 15 is 0 Å². The zero-order valence-electron chi connectivity index (χ0n) is 12.2. The second kappa shape index (κ2) is 7.13. The zero-order chi connectivity index (χ0) is 16.2. The summed E-state index contributed by atoms with van der Waals surface area (Å²) in [5, 5.41) is 11.4. The maximum Gasteiger partial charge on any atom is 0.392 e. The quantitative estimate of drug-likeness (QED) is 0.893. The van der Waals surface area contributed by atoms with Crippen molar-refractivity contribution in [1.29, 1.82) is 0 Å². The molecule has 0 bridgehead atoms. The van der Waals surface area contributed by atoms with Gasteiger partial charge >= 0.3 is 6.18 Å². The smallest absolute Gasteiger partial charge is 0.392 e. The lowest BCUT2D eigenvalue weighted by atomic mass is 9.78. The summed E-state index contributed by atoms with van der Waals surface area (Å²) in [5.74, 6) is -3.11. The second-order valence-electron chi connectivity index (χ2n) is 5.70. The highest BCUT2D eigenvalue weighted by Gasteiger charge is 2.47. The first-order valence-corrected chi connectivity index (χ1v) is 7.49. The van der Waals surface area contributed by atoms with Crippen molar-refractivity contribution in [2.24, 2.45) is 11.8 Å². The summed E-state index contributed by atoms with van der Waals surface area (Å²) in [5.41, 5.74) is 1.39. The van der Waals surface area contributed by atoms with Crippen LogP contribution >= 0.6 is 0 Å². The van der Waals surface area contributed by atoms with Gasteiger partial charge in [-0.2, -0.15) is 13.2 Å². The van der Waals surface area contributed by atoms with Crippen LogP contribution in [0.1, 0.15) is 31.2 Å². The van der Waals surface area contributed by atoms with Crippen LogP contribution < -0.4 is 5.32 Å². The third-order valence-corrected chi connectivity index (χ3v) is 4.15. The Hall–Kier alpha value is -1.56. The molecule has 0 radical (unpaired) electrons. The van der Waals surface area contributed by atoms with E-state index in [-0.39, 0.29) is 19.4 Å². The van der Waals surface area contributed by atoms with Gasteiger partial charge in [0, 0.05) is 18.2 Å². The number of nitrogens with one attached hydrogen (secondary N) is 1. The van der Waals surface area contributed by atoms with Gasteiger partial charge in [-0.1, -0.05) is 25.0 Å². The fraction of sp³-hybridized carbons (Fsp3) is 0.562. The minimum atomic E-state index is -4.33. The van der Waals surface area contributed by atoms with Crippen LogP contribution in [0, 0.1) is 11.8 Å². The number of anilines is 1. The maximum atomic E-state index is 13.0. The van der Waals surface area contributed by atoms with Gasteiger partial charge in [-0.15, -0.1) is 0 Å². The van der Waals surface area contributed by atoms with E-state index in [4.69, 9.17) is 5.11 Å². The molecule has 6 heteroatoms. The molecule has 1 saturated carbocycles. The molecule has 0 unspecified atom stereocenters. The Kier molecular flexibility index (Phi) is 5.45. The molecule has 3 nitrogen and oxygen atoms in total. The van der Waals surface area contributed by atoms with Crippen LogP contribution in [-0.2, 0) is 11.2 Å². The van der Waals surface area contributed by atoms with Gasteiger partial charge in [-0.25, -0.2) is 0 Å². The van der Waals surface area contributed by atoms with E-state index in [0.29, 0.717) is 24.9 Å². The van der Waals surface area contributed by atoms with E-state index in [2.05, 4.69) is 5.32 Å². The first kappa shape index (κ1) is 16.8. The first-order chi connectivity index (χ1) is 10.4. The van der Waals surface area contributed by atoms with Crippen LogP contribution in [0.3, 0.4) is 0 Å². The molecule has 1 aliphatic rings. The predicted octanol–water partition coefficient (Wildman–Crippen LogP) is 3.53. The highest BCUT2D eigenvalue weighted by atomic mass is 19.4. The topological polar surface area (TPSA) is 49.3 Å². The summed E-state index contributed by atoms with van der Waals surface area (Å²) in [6.45, 7) is 0.0288. The van der Waals surface area contributed by atoms with Crippen LogP contribution in [0.25, 0.3) is 0 Å². The number of hydrogen-bond donors (Lipinski definition) is 2. The van der Waals surface area contributed by atoms with Crippen LogP contribution in [0.2, 0.25) is 0 Å². The van der Waals surface area contributed by atoms with E-state index in [1.165, 1.54) is 0 Å². The summed E-state index contributed by atoms with van der Waals surface area (Å²) < 4.78 is 39.1. The Bertz CT molecular complexity index is 499. The number of benzene rings is 1. The Balaban J connectivity index is 2.03. The zero-order valence-corrected chi connectivity index (χ0v) is 12.2. The van der Waals surface area contributed by atoms with E-state index in [9.17, 15) is 18.0 Å². The van der Waals surface area contributed by atoms with Crippen molar-refractivity contribution in [3.05, 3.63) is 29.8 Å². The molecule has 0 aromatic heterocycles. The summed E-state index contributed by atoms with van der Waals surface area (Å²) in [6, 6.07) is 6.78. The number of alkyl halides is 3. The molecule has 1 aromatic rings. The highest BCUT2D eigenvalue weighted by molar-refractivity contribution is 5.92. The van der Waals surface area contributed by atoms with Gasteiger partial charge in [-0.3, -0.25) is 4.79 Å². The Morgan fingerprint density at radius 3 is 2.41 bits per heavy atom. The number of halogens is 3. The average Bonchev–Trinajstić information content (AvgIpc) is 2.48. The molecule has 2 N–H and O–H groups in total. The summed E-state index contributed by atoms with van der Waals surface area (Å²) in [4.78, 5) is 12.2. The van der Waals surface area contributed by atoms with Crippen LogP contribution in [0.5, 0.6) is 0 Å². The summed E-state index contributed by atoms with van der Waals surface area (Å²) >= 11 is 0. The second-order valence-corrected chi connectivity index (χ2v) is 5.70. The molecule has 1 aromatic carbocycles. The number of aliphatic hydroxyl groups is 1. The lowest BCUT2D eigenvalue weighted by molar-refractivity contribution is -0.197. The molecule has 2 atom stereocenters. The Morgan fingerprint density at radius 1 is 1.18 bits per heavy atom. The minimum absolute atomic E-state index is 0.0248. The third-order valence-electron chi connectivity index (χ3n) is 4.15. The molecule has 22 heavy (non-hydrogen) atoms. The van der Waals surface area contributed by atoms with Gasteiger partial charge < -0.3 is 10.4 Å². The summed E-state index contributed by atoms with van der Waals surface area (Å²) in [6.07, 6.45) is -2.35. The number of carbonyl (C=O) groups is 1. The number of amides is 1. The number of rotatable bonds is 4. The lowest BCUT2D eigenvalue weighted by Crippen LogP contribution is -2.39. The van der Waals surface area contributed by atoms with Gasteiger partial charge in [0.1, 0.15) is 0 Å². The standard InChI is InChI=1S/C16H20F3NO2/c17-16(18,19)14-4-2-1-3-13(14)15(22)20-12-7-5-11(6-8-12)9-10-21/h5-8,13-14,21H,1-4,9-10H2,(H,20,22)/t13-,14-/m1/s1. The van der Waals surface area contributed by atoms with Crippen molar-refractivity contribution in [2.45, 2.75) is 38.3 Å². The molecule has 0 spiro atoms. The molecule has 1 amide bonds. The predicted molar refractivity (Wildman–Crippen MR) is 77.4 cm³/mol. The molecule has 2 rings (SSSR count). The number of carbonyl (C=O) groups excluding carboxylic acids is 1. The van der Waals surface area contributed by atoms with Crippen molar-refractivity contribution in [1.82, 2.24) is 0 Å². The Labute approximate surface area is 127 Å². The van der Waals surface area contributed by atoms with Gasteiger partial charge in [0.05, 0.1) is 5.92 Å². The van der Waals surface area contributed by atoms with Gasteiger partial charge in [-0.05, 0) is 37.0 Å². The minimum Gasteiger partial charge on any atom is -0.396 e. The van der Waals surface area contributed by atoms with Crippen molar-refractivity contribution >= 4 is 11.6 Å². The van der Waals surface area contributed by atoms with Crippen molar-refractivity contribution < 1.29 is 23.1 Å². The van der Waals surface area contributed by atoms with Gasteiger partial charge in [0.25, 0.3) is 0 Å². The molecule has 0 heterocycles. The third kappa shape index (κ3) is 4.22. The number of aliphatic hydroxyl groups excluding tert-OH is 1. The molecule has 1 aliphatic carbocycles. The molecule has 0 saturated heterocycles. The van der Waals surface area contributed by atoms with Gasteiger partial charge in [0.15, 0.2) is 0 Å². The fourth-order valence-electron chi connectivity index (χ4n) is 2.96. The Morgan fingerprint density at radius 2 is 1.82 bits per heavy atom. The monoisotopic (exact) mass is 315 g/mol. The highest BCUT2D eigenvalue weighted by Crippen LogP contribution is 2.41. The van der Waals surface area contributed by atoms with Crippen molar-refractivity contribution in [3.8, 4) is 0 Å². The van der Waals surface area contributed by atoms with E-state index in [1.54, 1.807) is 24.3 Å². The molecular formula is C16H20F3NO2. The van der Waals surface area contributed by atoms with Gasteiger partial charge in [0.2, 0.25) is 5.91 Å². The van der Waals surface area contributed by atoms with E-state index < -0.39 is 23.9 Å². The normalized spacial score (nSPS) is 22.4. The molecule has 0 aliphatic heterocycles. The van der Waals surface area contributed by atoms with E-state index in [0.717, 1.165) is 5.56 Å². The van der Waals surface area contributed by atoms with Crippen LogP contribution in [0.4, 0.5) is 18.9 Å². The molecule has 122 valence electrons. The molecule has 1 fully saturated rings.